The van der Waals surface area contributed by atoms with Crippen molar-refractivity contribution in [1.29, 1.82) is 0 Å². The molecule has 2 aromatic rings. The zero-order valence-electron chi connectivity index (χ0n) is 13.2. The number of H-pyrrole nitrogens is 1. The first kappa shape index (κ1) is 15.1. The maximum Gasteiger partial charge on any atom is 0.119 e. The second-order valence-corrected chi connectivity index (χ2v) is 6.03. The van der Waals surface area contributed by atoms with Crippen LogP contribution in [0.4, 0.5) is 0 Å². The molecule has 0 amide bonds. The van der Waals surface area contributed by atoms with Crippen LogP contribution in [0.2, 0.25) is 0 Å². The molecule has 1 N–H and O–H groups in total. The summed E-state index contributed by atoms with van der Waals surface area (Å²) in [7, 11) is 1.78. The average Bonchev–Trinajstić information content (AvgIpc) is 3.18. The second-order valence-electron chi connectivity index (χ2n) is 6.03. The molecule has 1 aliphatic heterocycles. The number of ether oxygens (including phenoxy) is 2. The highest BCUT2D eigenvalue weighted by atomic mass is 16.5. The molecule has 3 rings (SSSR count). The molecule has 1 aromatic heterocycles. The Kier molecular flexibility index (Phi) is 4.45. The number of aryl methyl sites for hydroxylation is 1. The van der Waals surface area contributed by atoms with Crippen LogP contribution in [-0.2, 0) is 11.3 Å². The van der Waals surface area contributed by atoms with Crippen LogP contribution in [0.15, 0.2) is 36.5 Å². The normalized spacial score (nSPS) is 22.1. The van der Waals surface area contributed by atoms with Gasteiger partial charge in [-0.3, -0.25) is 10.00 Å². The lowest BCUT2D eigenvalue weighted by atomic mass is 10.0. The number of rotatable bonds is 6. The van der Waals surface area contributed by atoms with Gasteiger partial charge in [-0.15, -0.1) is 0 Å². The summed E-state index contributed by atoms with van der Waals surface area (Å²) in [6.45, 7) is 5.39. The molecule has 1 aromatic carbocycles. The molecule has 2 heterocycles. The van der Waals surface area contributed by atoms with Gasteiger partial charge in [-0.05, 0) is 31.5 Å². The molecule has 118 valence electrons. The van der Waals surface area contributed by atoms with Crippen LogP contribution in [0.1, 0.15) is 17.7 Å². The molecular weight excluding hydrogens is 278 g/mol. The molecule has 1 fully saturated rings. The lowest BCUT2D eigenvalue weighted by Gasteiger charge is -2.28. The Hall–Kier alpha value is -1.85. The number of benzene rings is 1. The van der Waals surface area contributed by atoms with Crippen molar-refractivity contribution in [1.82, 2.24) is 15.1 Å². The number of hydrogen-bond acceptors (Lipinski definition) is 4. The van der Waals surface area contributed by atoms with Gasteiger partial charge in [-0.25, -0.2) is 0 Å². The van der Waals surface area contributed by atoms with E-state index in [4.69, 9.17) is 9.47 Å². The van der Waals surface area contributed by atoms with Crippen molar-refractivity contribution in [2.75, 3.05) is 26.8 Å². The van der Waals surface area contributed by atoms with E-state index in [-0.39, 0.29) is 5.60 Å². The topological polar surface area (TPSA) is 50.4 Å². The second kappa shape index (κ2) is 6.50. The summed E-state index contributed by atoms with van der Waals surface area (Å²) in [6, 6.07) is 10.2. The highest BCUT2D eigenvalue weighted by molar-refractivity contribution is 5.26. The summed E-state index contributed by atoms with van der Waals surface area (Å²) < 4.78 is 11.8. The summed E-state index contributed by atoms with van der Waals surface area (Å²) in [4.78, 5) is 2.37. The van der Waals surface area contributed by atoms with Gasteiger partial charge in [-0.1, -0.05) is 17.7 Å². The number of nitrogens with one attached hydrogen (secondary N) is 1. The maximum absolute atomic E-state index is 5.95. The fourth-order valence-electron chi connectivity index (χ4n) is 2.87. The lowest BCUT2D eigenvalue weighted by molar-refractivity contribution is -0.0360. The van der Waals surface area contributed by atoms with Gasteiger partial charge < -0.3 is 9.47 Å². The Balaban J connectivity index is 1.57. The number of likely N-dealkylation sites (tertiary alicyclic amines) is 1. The SMILES string of the molecule is CO[C@]1(COc2ccc(C)cc2)CCN(Cc2ccn[nH]2)C1. The van der Waals surface area contributed by atoms with Crippen LogP contribution in [-0.4, -0.2) is 47.5 Å². The van der Waals surface area contributed by atoms with E-state index < -0.39 is 0 Å². The average molecular weight is 301 g/mol. The highest BCUT2D eigenvalue weighted by Crippen LogP contribution is 2.27. The molecule has 1 atom stereocenters. The Morgan fingerprint density at radius 2 is 2.09 bits per heavy atom. The quantitative estimate of drug-likeness (QED) is 0.890. The zero-order chi connectivity index (χ0) is 15.4. The number of aromatic nitrogens is 2. The van der Waals surface area contributed by atoms with Gasteiger partial charge in [0, 0.05) is 38.6 Å². The van der Waals surface area contributed by atoms with Crippen LogP contribution in [0.5, 0.6) is 5.75 Å². The van der Waals surface area contributed by atoms with Crippen molar-refractivity contribution in [3.63, 3.8) is 0 Å². The predicted molar refractivity (Wildman–Crippen MR) is 84.9 cm³/mol. The first-order valence-corrected chi connectivity index (χ1v) is 7.64. The first-order chi connectivity index (χ1) is 10.7. The number of hydrogen-bond donors (Lipinski definition) is 1. The monoisotopic (exact) mass is 301 g/mol. The van der Waals surface area contributed by atoms with Crippen LogP contribution in [0.3, 0.4) is 0 Å². The van der Waals surface area contributed by atoms with Crippen molar-refractivity contribution < 1.29 is 9.47 Å². The van der Waals surface area contributed by atoms with Crippen molar-refractivity contribution in [3.8, 4) is 5.75 Å². The molecule has 0 spiro atoms. The predicted octanol–water partition coefficient (Wildman–Crippen LogP) is 2.39. The summed E-state index contributed by atoms with van der Waals surface area (Å²) in [6.07, 6.45) is 2.76. The van der Waals surface area contributed by atoms with Gasteiger partial charge in [0.15, 0.2) is 0 Å². The van der Waals surface area contributed by atoms with Crippen molar-refractivity contribution in [2.24, 2.45) is 0 Å². The smallest absolute Gasteiger partial charge is 0.119 e. The minimum atomic E-state index is -0.231. The number of nitrogens with zero attached hydrogens (tertiary/aromatic N) is 2. The van der Waals surface area contributed by atoms with Gasteiger partial charge in [0.05, 0.1) is 0 Å². The Bertz CT molecular complexity index is 582. The Labute approximate surface area is 131 Å². The van der Waals surface area contributed by atoms with Crippen LogP contribution < -0.4 is 4.74 Å². The third-order valence-electron chi connectivity index (χ3n) is 4.30. The largest absolute Gasteiger partial charge is 0.491 e. The highest BCUT2D eigenvalue weighted by Gasteiger charge is 2.39. The van der Waals surface area contributed by atoms with Gasteiger partial charge >= 0.3 is 0 Å². The molecule has 22 heavy (non-hydrogen) atoms. The molecule has 0 radical (unpaired) electrons. The van der Waals surface area contributed by atoms with Crippen LogP contribution in [0.25, 0.3) is 0 Å². The Morgan fingerprint density at radius 3 is 2.77 bits per heavy atom. The fourth-order valence-corrected chi connectivity index (χ4v) is 2.87. The molecular formula is C17H23N3O2. The van der Waals surface area contributed by atoms with Gasteiger partial charge in [0.25, 0.3) is 0 Å². The molecule has 1 aliphatic rings. The number of methoxy groups -OCH3 is 1. The Morgan fingerprint density at radius 1 is 1.27 bits per heavy atom. The standard InChI is InChI=1S/C17H23N3O2/c1-14-3-5-16(6-4-14)22-13-17(21-2)8-10-20(12-17)11-15-7-9-18-19-15/h3-7,9H,8,10-13H2,1-2H3,(H,18,19)/t17-/m1/s1. The minimum absolute atomic E-state index is 0.231. The van der Waals surface area contributed by atoms with E-state index in [1.165, 1.54) is 5.56 Å². The summed E-state index contributed by atoms with van der Waals surface area (Å²) in [5, 5.41) is 7.01. The first-order valence-electron chi connectivity index (χ1n) is 7.64. The molecule has 0 aliphatic carbocycles. The fraction of sp³-hybridized carbons (Fsp3) is 0.471. The maximum atomic E-state index is 5.95. The molecule has 0 saturated carbocycles. The van der Waals surface area contributed by atoms with E-state index in [0.29, 0.717) is 6.61 Å². The molecule has 1 saturated heterocycles. The molecule has 0 unspecified atom stereocenters. The minimum Gasteiger partial charge on any atom is -0.491 e. The van der Waals surface area contributed by atoms with Crippen molar-refractivity contribution >= 4 is 0 Å². The third-order valence-corrected chi connectivity index (χ3v) is 4.30. The lowest BCUT2D eigenvalue weighted by Crippen LogP contribution is -2.41. The summed E-state index contributed by atoms with van der Waals surface area (Å²) >= 11 is 0. The van der Waals surface area contributed by atoms with Crippen LogP contribution in [0, 0.1) is 6.92 Å². The number of aromatic amines is 1. The van der Waals surface area contributed by atoms with E-state index in [0.717, 1.165) is 37.5 Å². The van der Waals surface area contributed by atoms with E-state index in [2.05, 4.69) is 34.2 Å². The summed E-state index contributed by atoms with van der Waals surface area (Å²) in [5.74, 6) is 0.897. The van der Waals surface area contributed by atoms with E-state index in [9.17, 15) is 0 Å². The van der Waals surface area contributed by atoms with E-state index >= 15 is 0 Å². The van der Waals surface area contributed by atoms with Gasteiger partial charge in [-0.2, -0.15) is 5.10 Å². The molecule has 0 bridgehead atoms. The molecule has 5 heteroatoms. The van der Waals surface area contributed by atoms with Gasteiger partial charge in [0.1, 0.15) is 18.0 Å². The van der Waals surface area contributed by atoms with Crippen molar-refractivity contribution in [3.05, 3.63) is 47.8 Å². The van der Waals surface area contributed by atoms with Gasteiger partial charge in [0.2, 0.25) is 0 Å². The molecule has 5 nitrogen and oxygen atoms in total. The van der Waals surface area contributed by atoms with Crippen molar-refractivity contribution in [2.45, 2.75) is 25.5 Å². The summed E-state index contributed by atoms with van der Waals surface area (Å²) in [5.41, 5.74) is 2.14. The van der Waals surface area contributed by atoms with E-state index in [1.54, 1.807) is 13.3 Å². The third kappa shape index (κ3) is 3.48. The zero-order valence-corrected chi connectivity index (χ0v) is 13.2. The van der Waals surface area contributed by atoms with Crippen LogP contribution >= 0.6 is 0 Å². The van der Waals surface area contributed by atoms with E-state index in [1.807, 2.05) is 18.2 Å².